The van der Waals surface area contributed by atoms with E-state index in [9.17, 15) is 9.59 Å². The van der Waals surface area contributed by atoms with Crippen molar-refractivity contribution in [2.24, 2.45) is 7.05 Å². The Hall–Kier alpha value is -4.07. The van der Waals surface area contributed by atoms with Crippen LogP contribution in [0.3, 0.4) is 0 Å². The number of imidazole rings is 1. The Bertz CT molecular complexity index is 1130. The molecule has 8 nitrogen and oxygen atoms in total. The Labute approximate surface area is 160 Å². The zero-order valence-electron chi connectivity index (χ0n) is 15.0. The monoisotopic (exact) mass is 372 g/mol. The van der Waals surface area contributed by atoms with Gasteiger partial charge in [-0.3, -0.25) is 9.59 Å². The number of aryl methyl sites for hydroxylation is 1. The van der Waals surface area contributed by atoms with E-state index >= 15 is 0 Å². The van der Waals surface area contributed by atoms with Crippen molar-refractivity contribution in [3.8, 4) is 5.69 Å². The molecule has 1 amide bonds. The average Bonchev–Trinajstić information content (AvgIpc) is 3.38. The minimum atomic E-state index is -0.384. The Balaban J connectivity index is 1.46. The van der Waals surface area contributed by atoms with E-state index in [1.54, 1.807) is 48.3 Å². The first-order chi connectivity index (χ1) is 13.6. The Morgan fingerprint density at radius 1 is 1.00 bits per heavy atom. The van der Waals surface area contributed by atoms with Gasteiger partial charge in [0.1, 0.15) is 0 Å². The second kappa shape index (κ2) is 7.28. The first-order valence-electron chi connectivity index (χ1n) is 8.53. The number of nitrogens with one attached hydrogen (secondary N) is 1. The van der Waals surface area contributed by atoms with Gasteiger partial charge < -0.3 is 9.88 Å². The fourth-order valence-electron chi connectivity index (χ4n) is 2.67. The molecule has 0 fully saturated rings. The van der Waals surface area contributed by atoms with Gasteiger partial charge in [0.05, 0.1) is 11.9 Å². The molecule has 8 heteroatoms. The number of ketones is 1. The standard InChI is InChI=1S/C20H16N6O2/c1-25-12-11-21-19(25)18(27)14-7-9-15(10-8-14)23-20(28)17-13-22-26(24-17)16-5-3-2-4-6-16/h2-13H,1H3,(H,23,28). The van der Waals surface area contributed by atoms with Gasteiger partial charge in [-0.05, 0) is 36.4 Å². The van der Waals surface area contributed by atoms with Crippen molar-refractivity contribution in [2.75, 3.05) is 5.32 Å². The zero-order chi connectivity index (χ0) is 19.5. The van der Waals surface area contributed by atoms with E-state index in [0.717, 1.165) is 5.69 Å². The van der Waals surface area contributed by atoms with Crippen LogP contribution < -0.4 is 5.32 Å². The highest BCUT2D eigenvalue weighted by atomic mass is 16.2. The first kappa shape index (κ1) is 17.3. The molecule has 0 aliphatic rings. The summed E-state index contributed by atoms with van der Waals surface area (Å²) in [6, 6.07) is 15.9. The Morgan fingerprint density at radius 3 is 2.43 bits per heavy atom. The van der Waals surface area contributed by atoms with Crippen LogP contribution in [-0.4, -0.2) is 36.2 Å². The number of aromatic nitrogens is 5. The first-order valence-corrected chi connectivity index (χ1v) is 8.53. The molecule has 0 bridgehead atoms. The lowest BCUT2D eigenvalue weighted by molar-refractivity contribution is 0.101. The van der Waals surface area contributed by atoms with Crippen molar-refractivity contribution in [1.82, 2.24) is 24.5 Å². The van der Waals surface area contributed by atoms with Crippen molar-refractivity contribution in [2.45, 2.75) is 0 Å². The van der Waals surface area contributed by atoms with Gasteiger partial charge in [-0.1, -0.05) is 18.2 Å². The van der Waals surface area contributed by atoms with E-state index in [-0.39, 0.29) is 17.4 Å². The molecule has 2 aromatic carbocycles. The van der Waals surface area contributed by atoms with Crippen LogP contribution >= 0.6 is 0 Å². The number of benzene rings is 2. The maximum absolute atomic E-state index is 12.4. The zero-order valence-corrected chi connectivity index (χ0v) is 15.0. The molecule has 28 heavy (non-hydrogen) atoms. The molecule has 0 spiro atoms. The summed E-state index contributed by atoms with van der Waals surface area (Å²) in [7, 11) is 1.76. The van der Waals surface area contributed by atoms with Gasteiger partial charge in [0.15, 0.2) is 11.5 Å². The molecule has 4 aromatic rings. The van der Waals surface area contributed by atoms with Crippen LogP contribution in [0.15, 0.2) is 73.2 Å². The Kier molecular flexibility index (Phi) is 4.51. The summed E-state index contributed by atoms with van der Waals surface area (Å²) in [5, 5.41) is 11.1. The number of carbonyl (C=O) groups is 2. The number of rotatable bonds is 5. The number of nitrogens with zero attached hydrogens (tertiary/aromatic N) is 5. The fourth-order valence-corrected chi connectivity index (χ4v) is 2.67. The maximum Gasteiger partial charge on any atom is 0.277 e. The van der Waals surface area contributed by atoms with Crippen LogP contribution in [-0.2, 0) is 7.05 Å². The molecular formula is C20H16N6O2. The van der Waals surface area contributed by atoms with E-state index in [1.807, 2.05) is 30.3 Å². The SMILES string of the molecule is Cn1ccnc1C(=O)c1ccc(NC(=O)c2cnn(-c3ccccc3)n2)cc1. The van der Waals surface area contributed by atoms with Crippen LogP contribution in [0.25, 0.3) is 5.69 Å². The number of hydrogen-bond donors (Lipinski definition) is 1. The van der Waals surface area contributed by atoms with E-state index in [0.29, 0.717) is 17.1 Å². The van der Waals surface area contributed by atoms with Gasteiger partial charge >= 0.3 is 0 Å². The number of anilines is 1. The lowest BCUT2D eigenvalue weighted by Gasteiger charge is -2.05. The highest BCUT2D eigenvalue weighted by molar-refractivity contribution is 6.07. The number of hydrogen-bond acceptors (Lipinski definition) is 5. The fraction of sp³-hybridized carbons (Fsp3) is 0.0500. The second-order valence-electron chi connectivity index (χ2n) is 6.08. The molecule has 2 aromatic heterocycles. The molecule has 0 saturated carbocycles. The van der Waals surface area contributed by atoms with Crippen LogP contribution in [0, 0.1) is 0 Å². The van der Waals surface area contributed by atoms with Gasteiger partial charge in [-0.25, -0.2) is 4.98 Å². The van der Waals surface area contributed by atoms with E-state index in [4.69, 9.17) is 0 Å². The van der Waals surface area contributed by atoms with Gasteiger partial charge in [0, 0.05) is 30.7 Å². The summed E-state index contributed by atoms with van der Waals surface area (Å²) in [6.07, 6.45) is 4.69. The number of carbonyl (C=O) groups excluding carboxylic acids is 2. The molecule has 138 valence electrons. The highest BCUT2D eigenvalue weighted by Gasteiger charge is 2.15. The number of amides is 1. The summed E-state index contributed by atoms with van der Waals surface area (Å²) >= 11 is 0. The normalized spacial score (nSPS) is 10.6. The highest BCUT2D eigenvalue weighted by Crippen LogP contribution is 2.14. The van der Waals surface area contributed by atoms with E-state index in [2.05, 4.69) is 20.5 Å². The van der Waals surface area contributed by atoms with Crippen LogP contribution in [0.2, 0.25) is 0 Å². The van der Waals surface area contributed by atoms with E-state index < -0.39 is 0 Å². The quantitative estimate of drug-likeness (QED) is 0.543. The van der Waals surface area contributed by atoms with Crippen LogP contribution in [0.1, 0.15) is 26.7 Å². The van der Waals surface area contributed by atoms with Gasteiger partial charge in [-0.15, -0.1) is 5.10 Å². The predicted molar refractivity (Wildman–Crippen MR) is 102 cm³/mol. The summed E-state index contributed by atoms with van der Waals surface area (Å²) in [6.45, 7) is 0. The Morgan fingerprint density at radius 2 is 1.75 bits per heavy atom. The minimum absolute atomic E-state index is 0.184. The third kappa shape index (κ3) is 3.43. The molecule has 2 heterocycles. The van der Waals surface area contributed by atoms with Gasteiger partial charge in [-0.2, -0.15) is 9.90 Å². The summed E-state index contributed by atoms with van der Waals surface area (Å²) in [5.74, 6) is -0.212. The summed E-state index contributed by atoms with van der Waals surface area (Å²) in [5.41, 5.74) is 1.99. The van der Waals surface area contributed by atoms with Gasteiger partial charge in [0.25, 0.3) is 5.91 Å². The molecule has 0 aliphatic heterocycles. The predicted octanol–water partition coefficient (Wildman–Crippen LogP) is 2.48. The molecule has 0 unspecified atom stereocenters. The second-order valence-corrected chi connectivity index (χ2v) is 6.08. The van der Waals surface area contributed by atoms with Crippen molar-refractivity contribution < 1.29 is 9.59 Å². The molecule has 4 rings (SSSR count). The number of para-hydroxylation sites is 1. The molecular weight excluding hydrogens is 356 g/mol. The van der Waals surface area contributed by atoms with Crippen molar-refractivity contribution in [3.05, 3.63) is 90.3 Å². The molecule has 1 N–H and O–H groups in total. The largest absolute Gasteiger partial charge is 0.331 e. The average molecular weight is 372 g/mol. The lowest BCUT2D eigenvalue weighted by Crippen LogP contribution is -2.13. The molecule has 0 atom stereocenters. The van der Waals surface area contributed by atoms with Crippen molar-refractivity contribution in [1.29, 1.82) is 0 Å². The lowest BCUT2D eigenvalue weighted by atomic mass is 10.1. The van der Waals surface area contributed by atoms with Crippen LogP contribution in [0.5, 0.6) is 0 Å². The molecule has 0 saturated heterocycles. The summed E-state index contributed by atoms with van der Waals surface area (Å²) < 4.78 is 1.66. The van der Waals surface area contributed by atoms with Gasteiger partial charge in [0.2, 0.25) is 5.78 Å². The smallest absolute Gasteiger partial charge is 0.277 e. The van der Waals surface area contributed by atoms with Crippen molar-refractivity contribution in [3.63, 3.8) is 0 Å². The third-order valence-corrected chi connectivity index (χ3v) is 4.14. The van der Waals surface area contributed by atoms with Crippen LogP contribution in [0.4, 0.5) is 5.69 Å². The molecule has 0 radical (unpaired) electrons. The van der Waals surface area contributed by atoms with Crippen molar-refractivity contribution >= 4 is 17.4 Å². The molecule has 0 aliphatic carbocycles. The van der Waals surface area contributed by atoms with E-state index in [1.165, 1.54) is 11.0 Å². The summed E-state index contributed by atoms with van der Waals surface area (Å²) in [4.78, 5) is 30.3. The topological polar surface area (TPSA) is 94.7 Å². The minimum Gasteiger partial charge on any atom is -0.331 e. The third-order valence-electron chi connectivity index (χ3n) is 4.14. The maximum atomic E-state index is 12.4.